The number of rotatable bonds is 6. The molecule has 1 N–H and O–H groups in total. The average Bonchev–Trinajstić information content (AvgIpc) is 2.94. The van der Waals surface area contributed by atoms with Gasteiger partial charge in [0.2, 0.25) is 0 Å². The van der Waals surface area contributed by atoms with E-state index in [0.29, 0.717) is 18.4 Å². The van der Waals surface area contributed by atoms with Gasteiger partial charge in [-0.2, -0.15) is 14.6 Å². The van der Waals surface area contributed by atoms with Crippen molar-refractivity contribution < 1.29 is 4.74 Å². The molecule has 1 aliphatic carbocycles. The first-order valence-corrected chi connectivity index (χ1v) is 6.77. The summed E-state index contributed by atoms with van der Waals surface area (Å²) in [4.78, 5) is 8.54. The van der Waals surface area contributed by atoms with Gasteiger partial charge < -0.3 is 10.1 Å². The predicted octanol–water partition coefficient (Wildman–Crippen LogP) is 1.87. The third kappa shape index (κ3) is 2.53. The highest BCUT2D eigenvalue weighted by Gasteiger charge is 2.36. The normalized spacial score (nSPS) is 21.8. The molecular formula is C13H19N5O. The molecule has 102 valence electrons. The van der Waals surface area contributed by atoms with Crippen LogP contribution in [0.1, 0.15) is 31.9 Å². The van der Waals surface area contributed by atoms with Gasteiger partial charge in [0.05, 0.1) is 12.3 Å². The molecule has 2 atom stereocenters. The summed E-state index contributed by atoms with van der Waals surface area (Å²) in [6, 6.07) is 2.55. The Labute approximate surface area is 112 Å². The smallest absolute Gasteiger partial charge is 0.254 e. The monoisotopic (exact) mass is 261 g/mol. The average molecular weight is 261 g/mol. The Morgan fingerprint density at radius 1 is 1.53 bits per heavy atom. The SMILES string of the molecule is CCCC1CC1Nc1cc(COC)nc2ncnn12. The van der Waals surface area contributed by atoms with Crippen molar-refractivity contribution in [1.82, 2.24) is 19.6 Å². The van der Waals surface area contributed by atoms with Crippen LogP contribution in [0, 0.1) is 5.92 Å². The molecule has 3 rings (SSSR count). The molecule has 2 aromatic rings. The van der Waals surface area contributed by atoms with Gasteiger partial charge in [0, 0.05) is 19.2 Å². The fourth-order valence-electron chi connectivity index (χ4n) is 2.49. The summed E-state index contributed by atoms with van der Waals surface area (Å²) in [5, 5.41) is 7.76. The van der Waals surface area contributed by atoms with Crippen LogP contribution in [0.15, 0.2) is 12.4 Å². The highest BCUT2D eigenvalue weighted by molar-refractivity contribution is 5.46. The summed E-state index contributed by atoms with van der Waals surface area (Å²) in [5.41, 5.74) is 0.873. The fourth-order valence-corrected chi connectivity index (χ4v) is 2.49. The molecule has 19 heavy (non-hydrogen) atoms. The van der Waals surface area contributed by atoms with Crippen molar-refractivity contribution >= 4 is 11.6 Å². The Balaban J connectivity index is 1.83. The zero-order valence-electron chi connectivity index (χ0n) is 11.3. The van der Waals surface area contributed by atoms with Crippen LogP contribution in [0.3, 0.4) is 0 Å². The van der Waals surface area contributed by atoms with E-state index in [2.05, 4.69) is 27.3 Å². The van der Waals surface area contributed by atoms with Crippen molar-refractivity contribution in [2.24, 2.45) is 5.92 Å². The van der Waals surface area contributed by atoms with Gasteiger partial charge in [0.1, 0.15) is 12.1 Å². The van der Waals surface area contributed by atoms with Gasteiger partial charge in [-0.05, 0) is 18.8 Å². The molecule has 2 heterocycles. The Bertz CT molecular complexity index is 567. The Hall–Kier alpha value is -1.69. The second-order valence-electron chi connectivity index (χ2n) is 5.07. The van der Waals surface area contributed by atoms with Crippen LogP contribution in [0.5, 0.6) is 0 Å². The standard InChI is InChI=1S/C13H19N5O/c1-3-4-9-5-11(9)17-12-6-10(7-19-2)16-13-14-8-15-18(12)13/h6,8-9,11,17H,3-5,7H2,1-2H3. The van der Waals surface area contributed by atoms with Crippen molar-refractivity contribution in [3.05, 3.63) is 18.1 Å². The molecule has 0 aliphatic heterocycles. The largest absolute Gasteiger partial charge is 0.378 e. The third-order valence-electron chi connectivity index (χ3n) is 3.51. The van der Waals surface area contributed by atoms with E-state index < -0.39 is 0 Å². The minimum atomic E-state index is 0.487. The van der Waals surface area contributed by atoms with E-state index in [1.165, 1.54) is 25.6 Å². The van der Waals surface area contributed by atoms with Crippen molar-refractivity contribution in [3.8, 4) is 0 Å². The summed E-state index contributed by atoms with van der Waals surface area (Å²) in [6.45, 7) is 2.72. The zero-order valence-corrected chi connectivity index (χ0v) is 11.3. The first-order chi connectivity index (χ1) is 9.31. The molecule has 0 amide bonds. The molecule has 1 aliphatic rings. The molecule has 6 nitrogen and oxygen atoms in total. The summed E-state index contributed by atoms with van der Waals surface area (Å²) in [5.74, 6) is 2.37. The zero-order chi connectivity index (χ0) is 13.2. The van der Waals surface area contributed by atoms with E-state index in [0.717, 1.165) is 17.4 Å². The number of hydrogen-bond donors (Lipinski definition) is 1. The molecule has 2 unspecified atom stereocenters. The van der Waals surface area contributed by atoms with Gasteiger partial charge in [-0.25, -0.2) is 4.98 Å². The summed E-state index contributed by atoms with van der Waals surface area (Å²) < 4.78 is 6.89. The van der Waals surface area contributed by atoms with E-state index in [1.54, 1.807) is 11.6 Å². The highest BCUT2D eigenvalue weighted by Crippen LogP contribution is 2.37. The van der Waals surface area contributed by atoms with Crippen LogP contribution < -0.4 is 5.32 Å². The Kier molecular flexibility index (Phi) is 3.33. The van der Waals surface area contributed by atoms with Gasteiger partial charge >= 0.3 is 0 Å². The van der Waals surface area contributed by atoms with E-state index >= 15 is 0 Å². The third-order valence-corrected chi connectivity index (χ3v) is 3.51. The maximum Gasteiger partial charge on any atom is 0.254 e. The number of nitrogens with zero attached hydrogens (tertiary/aromatic N) is 4. The number of anilines is 1. The molecule has 0 radical (unpaired) electrons. The molecule has 6 heteroatoms. The lowest BCUT2D eigenvalue weighted by Crippen LogP contribution is -2.11. The first-order valence-electron chi connectivity index (χ1n) is 6.77. The Morgan fingerprint density at radius 2 is 2.42 bits per heavy atom. The van der Waals surface area contributed by atoms with E-state index in [-0.39, 0.29) is 0 Å². The summed E-state index contributed by atoms with van der Waals surface area (Å²) >= 11 is 0. The maximum absolute atomic E-state index is 5.14. The Morgan fingerprint density at radius 3 is 3.21 bits per heavy atom. The summed E-state index contributed by atoms with van der Waals surface area (Å²) in [6.07, 6.45) is 5.30. The van der Waals surface area contributed by atoms with Crippen LogP contribution >= 0.6 is 0 Å². The number of nitrogens with one attached hydrogen (secondary N) is 1. The van der Waals surface area contributed by atoms with Crippen molar-refractivity contribution in [2.75, 3.05) is 12.4 Å². The molecule has 0 aromatic carbocycles. The molecule has 0 bridgehead atoms. The van der Waals surface area contributed by atoms with Crippen LogP contribution in [0.25, 0.3) is 5.78 Å². The first kappa shape index (κ1) is 12.3. The number of ether oxygens (including phenoxy) is 1. The van der Waals surface area contributed by atoms with E-state index in [9.17, 15) is 0 Å². The fraction of sp³-hybridized carbons (Fsp3) is 0.615. The van der Waals surface area contributed by atoms with Crippen molar-refractivity contribution in [2.45, 2.75) is 38.8 Å². The lowest BCUT2D eigenvalue weighted by Gasteiger charge is -2.09. The minimum Gasteiger partial charge on any atom is -0.378 e. The molecule has 0 spiro atoms. The topological polar surface area (TPSA) is 64.3 Å². The molecular weight excluding hydrogens is 242 g/mol. The van der Waals surface area contributed by atoms with Crippen LogP contribution in [0.2, 0.25) is 0 Å². The highest BCUT2D eigenvalue weighted by atomic mass is 16.5. The van der Waals surface area contributed by atoms with Gasteiger partial charge in [0.15, 0.2) is 0 Å². The lowest BCUT2D eigenvalue weighted by atomic mass is 10.2. The van der Waals surface area contributed by atoms with Gasteiger partial charge in [-0.3, -0.25) is 0 Å². The minimum absolute atomic E-state index is 0.487. The molecule has 1 saturated carbocycles. The lowest BCUT2D eigenvalue weighted by molar-refractivity contribution is 0.181. The maximum atomic E-state index is 5.14. The van der Waals surface area contributed by atoms with Gasteiger partial charge in [-0.1, -0.05) is 13.3 Å². The number of methoxy groups -OCH3 is 1. The van der Waals surface area contributed by atoms with Crippen LogP contribution in [-0.4, -0.2) is 32.7 Å². The van der Waals surface area contributed by atoms with E-state index in [1.807, 2.05) is 6.07 Å². The second-order valence-corrected chi connectivity index (χ2v) is 5.07. The molecule has 2 aromatic heterocycles. The number of fused-ring (bicyclic) bond motifs is 1. The van der Waals surface area contributed by atoms with Crippen LogP contribution in [0.4, 0.5) is 5.82 Å². The number of hydrogen-bond acceptors (Lipinski definition) is 5. The summed E-state index contributed by atoms with van der Waals surface area (Å²) in [7, 11) is 1.67. The van der Waals surface area contributed by atoms with Crippen molar-refractivity contribution in [3.63, 3.8) is 0 Å². The van der Waals surface area contributed by atoms with Crippen LogP contribution in [-0.2, 0) is 11.3 Å². The van der Waals surface area contributed by atoms with E-state index in [4.69, 9.17) is 4.74 Å². The number of aromatic nitrogens is 4. The molecule has 1 fully saturated rings. The second kappa shape index (κ2) is 5.13. The predicted molar refractivity (Wildman–Crippen MR) is 71.9 cm³/mol. The van der Waals surface area contributed by atoms with Gasteiger partial charge in [0.25, 0.3) is 5.78 Å². The van der Waals surface area contributed by atoms with Crippen molar-refractivity contribution in [1.29, 1.82) is 0 Å². The molecule has 0 saturated heterocycles. The van der Waals surface area contributed by atoms with Gasteiger partial charge in [-0.15, -0.1) is 0 Å². The quantitative estimate of drug-likeness (QED) is 0.860.